The van der Waals surface area contributed by atoms with Gasteiger partial charge in [0.2, 0.25) is 5.91 Å². The van der Waals surface area contributed by atoms with Crippen LogP contribution >= 0.6 is 11.3 Å². The predicted octanol–water partition coefficient (Wildman–Crippen LogP) is 5.89. The number of amides is 1. The van der Waals surface area contributed by atoms with Crippen LogP contribution in [0.15, 0.2) is 54.6 Å². The number of hydrogen-bond donors (Lipinski definition) is 0. The fourth-order valence-corrected chi connectivity index (χ4v) is 3.79. The number of carbonyl (C=O) groups is 1. The van der Waals surface area contributed by atoms with Crippen LogP contribution in [-0.2, 0) is 4.79 Å². The fraction of sp³-hybridized carbons (Fsp3) is 0.238. The summed E-state index contributed by atoms with van der Waals surface area (Å²) in [5, 5.41) is 0.740. The van der Waals surface area contributed by atoms with Gasteiger partial charge in [-0.3, -0.25) is 9.69 Å². The van der Waals surface area contributed by atoms with E-state index < -0.39 is 0 Å². The van der Waals surface area contributed by atoms with Gasteiger partial charge in [0.1, 0.15) is 0 Å². The lowest BCUT2D eigenvalue weighted by Gasteiger charge is -2.21. The lowest BCUT2D eigenvalue weighted by molar-refractivity contribution is -0.117. The standard InChI is InChI=1S/C21H22N2OS/c1-4-10-19(24)23(18-14-9-8-11-15(18)2)21-22-20(16(3)25-21)17-12-6-5-7-13-17/h5-9,11-14H,4,10H2,1-3H3. The molecule has 2 aromatic carbocycles. The van der Waals surface area contributed by atoms with Crippen LogP contribution in [0.2, 0.25) is 0 Å². The van der Waals surface area contributed by atoms with Crippen LogP contribution in [0, 0.1) is 13.8 Å². The third kappa shape index (κ3) is 3.64. The number of anilines is 2. The Balaban J connectivity index is 2.09. The molecule has 1 aromatic heterocycles. The molecule has 3 aromatic rings. The molecular weight excluding hydrogens is 328 g/mol. The van der Waals surface area contributed by atoms with E-state index in [1.54, 1.807) is 16.2 Å². The minimum Gasteiger partial charge on any atom is -0.274 e. The Morgan fingerprint density at radius 2 is 1.72 bits per heavy atom. The number of para-hydroxylation sites is 1. The Kier molecular flexibility index (Phi) is 5.29. The van der Waals surface area contributed by atoms with Gasteiger partial charge in [0.05, 0.1) is 11.4 Å². The molecule has 0 saturated carbocycles. The Hall–Kier alpha value is -2.46. The lowest BCUT2D eigenvalue weighted by Crippen LogP contribution is -2.26. The van der Waals surface area contributed by atoms with Crippen molar-refractivity contribution in [1.29, 1.82) is 0 Å². The highest BCUT2D eigenvalue weighted by atomic mass is 32.1. The van der Waals surface area contributed by atoms with Crippen LogP contribution in [0.1, 0.15) is 30.2 Å². The molecule has 0 spiro atoms. The molecule has 0 saturated heterocycles. The van der Waals surface area contributed by atoms with Crippen molar-refractivity contribution in [3.05, 3.63) is 65.0 Å². The molecular formula is C21H22N2OS. The first-order valence-electron chi connectivity index (χ1n) is 8.53. The van der Waals surface area contributed by atoms with Gasteiger partial charge in [-0.1, -0.05) is 55.5 Å². The SMILES string of the molecule is CCCC(=O)N(c1nc(-c2ccccc2)c(C)s1)c1ccccc1C. The highest BCUT2D eigenvalue weighted by Crippen LogP contribution is 2.37. The van der Waals surface area contributed by atoms with Crippen LogP contribution in [0.3, 0.4) is 0 Å². The smallest absolute Gasteiger partial charge is 0.233 e. The van der Waals surface area contributed by atoms with Crippen molar-refractivity contribution in [2.75, 3.05) is 4.90 Å². The molecule has 3 nitrogen and oxygen atoms in total. The Bertz CT molecular complexity index is 871. The summed E-state index contributed by atoms with van der Waals surface area (Å²) in [4.78, 5) is 20.6. The molecule has 3 rings (SSSR count). The monoisotopic (exact) mass is 350 g/mol. The van der Waals surface area contributed by atoms with Crippen LogP contribution in [0.25, 0.3) is 11.3 Å². The Morgan fingerprint density at radius 3 is 2.40 bits per heavy atom. The number of aryl methyl sites for hydroxylation is 2. The van der Waals surface area contributed by atoms with Crippen molar-refractivity contribution in [3.63, 3.8) is 0 Å². The summed E-state index contributed by atoms with van der Waals surface area (Å²) in [6, 6.07) is 18.1. The first-order chi connectivity index (χ1) is 12.1. The van der Waals surface area contributed by atoms with Crippen LogP contribution in [0.5, 0.6) is 0 Å². The van der Waals surface area contributed by atoms with Gasteiger partial charge in [0, 0.05) is 16.9 Å². The Morgan fingerprint density at radius 1 is 1.04 bits per heavy atom. The molecule has 25 heavy (non-hydrogen) atoms. The lowest BCUT2D eigenvalue weighted by atomic mass is 10.1. The van der Waals surface area contributed by atoms with E-state index in [0.717, 1.165) is 38.9 Å². The molecule has 0 aliphatic rings. The van der Waals surface area contributed by atoms with E-state index >= 15 is 0 Å². The summed E-state index contributed by atoms with van der Waals surface area (Å²) in [6.45, 7) is 6.11. The van der Waals surface area contributed by atoms with Gasteiger partial charge in [-0.05, 0) is 31.9 Å². The van der Waals surface area contributed by atoms with Crippen LogP contribution < -0.4 is 4.90 Å². The fourth-order valence-electron chi connectivity index (χ4n) is 2.83. The molecule has 0 N–H and O–H groups in total. The first-order valence-corrected chi connectivity index (χ1v) is 9.35. The number of benzene rings is 2. The minimum atomic E-state index is 0.0881. The zero-order valence-electron chi connectivity index (χ0n) is 14.8. The maximum atomic E-state index is 12.8. The van der Waals surface area contributed by atoms with Crippen molar-refractivity contribution in [3.8, 4) is 11.3 Å². The van der Waals surface area contributed by atoms with Crippen LogP contribution in [-0.4, -0.2) is 10.9 Å². The van der Waals surface area contributed by atoms with E-state index in [1.807, 2.05) is 56.3 Å². The third-order valence-corrected chi connectivity index (χ3v) is 5.05. The number of carbonyl (C=O) groups excluding carboxylic acids is 1. The largest absolute Gasteiger partial charge is 0.274 e. The topological polar surface area (TPSA) is 33.2 Å². The van der Waals surface area contributed by atoms with Gasteiger partial charge < -0.3 is 0 Å². The van der Waals surface area contributed by atoms with E-state index in [9.17, 15) is 4.79 Å². The predicted molar refractivity (Wildman–Crippen MR) is 106 cm³/mol. The van der Waals surface area contributed by atoms with Crippen molar-refractivity contribution in [2.45, 2.75) is 33.6 Å². The molecule has 1 heterocycles. The van der Waals surface area contributed by atoms with E-state index in [2.05, 4.69) is 19.1 Å². The van der Waals surface area contributed by atoms with Crippen LogP contribution in [0.4, 0.5) is 10.8 Å². The molecule has 0 aliphatic carbocycles. The van der Waals surface area contributed by atoms with Gasteiger partial charge in [-0.2, -0.15) is 0 Å². The highest BCUT2D eigenvalue weighted by molar-refractivity contribution is 7.16. The van der Waals surface area contributed by atoms with E-state index in [4.69, 9.17) is 4.98 Å². The zero-order valence-corrected chi connectivity index (χ0v) is 15.6. The molecule has 128 valence electrons. The number of rotatable bonds is 5. The maximum absolute atomic E-state index is 12.8. The van der Waals surface area contributed by atoms with Gasteiger partial charge in [-0.15, -0.1) is 11.3 Å². The second-order valence-electron chi connectivity index (χ2n) is 6.03. The quantitative estimate of drug-likeness (QED) is 0.574. The van der Waals surface area contributed by atoms with Gasteiger partial charge in [0.15, 0.2) is 5.13 Å². The molecule has 0 atom stereocenters. The molecule has 0 radical (unpaired) electrons. The molecule has 0 aliphatic heterocycles. The van der Waals surface area contributed by atoms with Crippen molar-refractivity contribution < 1.29 is 4.79 Å². The molecule has 0 unspecified atom stereocenters. The summed E-state index contributed by atoms with van der Waals surface area (Å²) in [7, 11) is 0. The first kappa shape index (κ1) is 17.4. The summed E-state index contributed by atoms with van der Waals surface area (Å²) in [6.07, 6.45) is 1.32. The van der Waals surface area contributed by atoms with E-state index in [0.29, 0.717) is 6.42 Å². The van der Waals surface area contributed by atoms with Gasteiger partial charge in [-0.25, -0.2) is 4.98 Å². The highest BCUT2D eigenvalue weighted by Gasteiger charge is 2.23. The average molecular weight is 350 g/mol. The second-order valence-corrected chi connectivity index (χ2v) is 7.21. The minimum absolute atomic E-state index is 0.0881. The average Bonchev–Trinajstić information content (AvgIpc) is 2.99. The number of aromatic nitrogens is 1. The number of thiazole rings is 1. The van der Waals surface area contributed by atoms with Gasteiger partial charge in [0.25, 0.3) is 0 Å². The molecule has 4 heteroatoms. The van der Waals surface area contributed by atoms with Crippen molar-refractivity contribution >= 4 is 28.1 Å². The van der Waals surface area contributed by atoms with Gasteiger partial charge >= 0.3 is 0 Å². The molecule has 1 amide bonds. The second kappa shape index (κ2) is 7.62. The molecule has 0 bridgehead atoms. The van der Waals surface area contributed by atoms with E-state index in [1.165, 1.54) is 0 Å². The summed E-state index contributed by atoms with van der Waals surface area (Å²) in [5.41, 5.74) is 4.01. The summed E-state index contributed by atoms with van der Waals surface area (Å²) < 4.78 is 0. The summed E-state index contributed by atoms with van der Waals surface area (Å²) >= 11 is 1.57. The third-order valence-electron chi connectivity index (χ3n) is 4.09. The Labute approximate surface area is 153 Å². The summed E-state index contributed by atoms with van der Waals surface area (Å²) in [5.74, 6) is 0.0881. The zero-order chi connectivity index (χ0) is 17.8. The van der Waals surface area contributed by atoms with Crippen molar-refractivity contribution in [2.24, 2.45) is 0 Å². The number of hydrogen-bond acceptors (Lipinski definition) is 3. The number of nitrogens with zero attached hydrogens (tertiary/aromatic N) is 2. The van der Waals surface area contributed by atoms with Crippen molar-refractivity contribution in [1.82, 2.24) is 4.98 Å². The molecule has 0 fully saturated rings. The normalized spacial score (nSPS) is 10.7. The van der Waals surface area contributed by atoms with E-state index in [-0.39, 0.29) is 5.91 Å². The maximum Gasteiger partial charge on any atom is 0.233 e.